The number of carbonyl (C=O) groups is 1. The quantitative estimate of drug-likeness (QED) is 0.210. The summed E-state index contributed by atoms with van der Waals surface area (Å²) in [7, 11) is 1.67. The van der Waals surface area contributed by atoms with E-state index in [9.17, 15) is 4.79 Å². The zero-order valence-electron chi connectivity index (χ0n) is 26.6. The maximum Gasteiger partial charge on any atom is 0.254 e. The number of amides is 1. The SMILES string of the molecule is COc1cc(C(=O)N2CC3CCC2[C@@H]3C)cc2nc3n(c12)Cc1cncc(c1)-c1ccccc1OCCCn1c-3cc2cccnc21. The van der Waals surface area contributed by atoms with Crippen LogP contribution in [0.3, 0.4) is 0 Å². The van der Waals surface area contributed by atoms with Gasteiger partial charge in [0.25, 0.3) is 5.91 Å². The minimum absolute atomic E-state index is 0.0626. The normalized spacial score (nSPS) is 20.4. The van der Waals surface area contributed by atoms with Crippen molar-refractivity contribution in [2.24, 2.45) is 11.8 Å². The fourth-order valence-corrected chi connectivity index (χ4v) is 8.21. The molecule has 1 amide bonds. The number of fused-ring (bicyclic) bond motifs is 13. The van der Waals surface area contributed by atoms with Gasteiger partial charge in [-0.25, -0.2) is 9.97 Å². The van der Waals surface area contributed by atoms with Gasteiger partial charge < -0.3 is 23.5 Å². The molecular formula is C38H36N6O3. The largest absolute Gasteiger partial charge is 0.494 e. The van der Waals surface area contributed by atoms with Gasteiger partial charge in [-0.2, -0.15) is 0 Å². The molecule has 1 saturated carbocycles. The molecule has 0 N–H and O–H groups in total. The van der Waals surface area contributed by atoms with Crippen LogP contribution in [0.5, 0.6) is 11.5 Å². The summed E-state index contributed by atoms with van der Waals surface area (Å²) in [4.78, 5) is 30.8. The second kappa shape index (κ2) is 11.0. The highest BCUT2D eigenvalue weighted by Crippen LogP contribution is 2.44. The predicted molar refractivity (Wildman–Crippen MR) is 181 cm³/mol. The van der Waals surface area contributed by atoms with Gasteiger partial charge in [0.05, 0.1) is 31.5 Å². The summed E-state index contributed by atoms with van der Waals surface area (Å²) in [5.74, 6) is 3.46. The van der Waals surface area contributed by atoms with Crippen molar-refractivity contribution in [2.45, 2.75) is 45.3 Å². The Morgan fingerprint density at radius 3 is 2.79 bits per heavy atom. The highest BCUT2D eigenvalue weighted by atomic mass is 16.5. The molecule has 3 atom stereocenters. The lowest BCUT2D eigenvalue weighted by Gasteiger charge is -2.27. The average molecular weight is 625 g/mol. The number of likely N-dealkylation sites (tertiary alicyclic amines) is 1. The number of imidazole rings is 1. The van der Waals surface area contributed by atoms with Crippen LogP contribution in [0.1, 0.15) is 42.1 Å². The molecule has 0 spiro atoms. The van der Waals surface area contributed by atoms with Crippen molar-refractivity contribution >= 4 is 28.0 Å². The third kappa shape index (κ3) is 4.51. The second-order valence-electron chi connectivity index (χ2n) is 13.2. The summed E-state index contributed by atoms with van der Waals surface area (Å²) < 4.78 is 16.9. The van der Waals surface area contributed by atoms with Crippen LogP contribution in [0, 0.1) is 11.8 Å². The highest BCUT2D eigenvalue weighted by molar-refractivity contribution is 6.00. The third-order valence-corrected chi connectivity index (χ3v) is 10.6. The van der Waals surface area contributed by atoms with Crippen molar-refractivity contribution in [1.82, 2.24) is 29.0 Å². The fourth-order valence-electron chi connectivity index (χ4n) is 8.21. The molecule has 6 heterocycles. The van der Waals surface area contributed by atoms with Crippen molar-refractivity contribution in [3.8, 4) is 34.1 Å². The van der Waals surface area contributed by atoms with Gasteiger partial charge in [0.15, 0.2) is 5.82 Å². The number of carbonyl (C=O) groups excluding carboxylic acids is 1. The first kappa shape index (κ1) is 28.1. The number of hydrogen-bond acceptors (Lipinski definition) is 6. The van der Waals surface area contributed by atoms with Crippen LogP contribution in [0.2, 0.25) is 0 Å². The van der Waals surface area contributed by atoms with Crippen LogP contribution in [0.15, 0.2) is 79.3 Å². The fraction of sp³-hybridized carbons (Fsp3) is 0.316. The summed E-state index contributed by atoms with van der Waals surface area (Å²) in [6.07, 6.45) is 8.69. The van der Waals surface area contributed by atoms with Crippen molar-refractivity contribution in [1.29, 1.82) is 0 Å². The van der Waals surface area contributed by atoms with E-state index in [1.54, 1.807) is 7.11 Å². The second-order valence-corrected chi connectivity index (χ2v) is 13.2. The number of aromatic nitrogens is 5. The molecule has 2 aliphatic heterocycles. The van der Waals surface area contributed by atoms with Crippen molar-refractivity contribution in [3.63, 3.8) is 0 Å². The number of benzene rings is 2. The lowest BCUT2D eigenvalue weighted by atomic mass is 10.0. The number of pyridine rings is 2. The van der Waals surface area contributed by atoms with Gasteiger partial charge in [-0.15, -0.1) is 0 Å². The number of rotatable bonds is 2. The summed E-state index contributed by atoms with van der Waals surface area (Å²) in [6, 6.07) is 20.7. The molecule has 2 aromatic carbocycles. The minimum atomic E-state index is 0.0626. The predicted octanol–water partition coefficient (Wildman–Crippen LogP) is 6.82. The van der Waals surface area contributed by atoms with E-state index < -0.39 is 0 Å². The van der Waals surface area contributed by atoms with Gasteiger partial charge in [0.1, 0.15) is 22.7 Å². The molecule has 6 aromatic rings. The Morgan fingerprint density at radius 2 is 1.94 bits per heavy atom. The Kier molecular flexibility index (Phi) is 6.55. The molecule has 4 bridgehead atoms. The van der Waals surface area contributed by atoms with E-state index in [4.69, 9.17) is 19.4 Å². The topological polar surface area (TPSA) is 87.3 Å². The number of methoxy groups -OCH3 is 1. The average Bonchev–Trinajstić information content (AvgIpc) is 3.85. The summed E-state index contributed by atoms with van der Waals surface area (Å²) in [5.41, 5.74) is 7.07. The first-order valence-corrected chi connectivity index (χ1v) is 16.6. The summed E-state index contributed by atoms with van der Waals surface area (Å²) in [6.45, 7) is 4.86. The molecule has 1 aliphatic carbocycles. The number of aryl methyl sites for hydroxylation is 1. The molecule has 0 radical (unpaired) electrons. The number of nitrogens with zero attached hydrogens (tertiary/aromatic N) is 6. The molecule has 47 heavy (non-hydrogen) atoms. The standard InChI is InChI=1S/C38H36N6O3/c1-23-26-10-11-31(23)43(22-26)38(45)27-16-30-35(34(18-27)46-2)44-21-24-15-28(20-39-19-24)29-8-3-4-9-33(29)47-14-6-13-42-32(37(44)41-30)17-25-7-5-12-40-36(25)42/h3-5,7-9,12,15-20,23,26,31H,6,10-11,13-14,21-22H2,1-2H3/t23-,26?,31?/m1/s1. The lowest BCUT2D eigenvalue weighted by molar-refractivity contribution is 0.0696. The molecule has 4 aromatic heterocycles. The molecule has 2 unspecified atom stereocenters. The zero-order valence-corrected chi connectivity index (χ0v) is 26.6. The maximum absolute atomic E-state index is 14.0. The number of ether oxygens (including phenoxy) is 2. The Bertz CT molecular complexity index is 2180. The first-order chi connectivity index (χ1) is 23.1. The van der Waals surface area contributed by atoms with Crippen LogP contribution < -0.4 is 9.47 Å². The van der Waals surface area contributed by atoms with Gasteiger partial charge >= 0.3 is 0 Å². The van der Waals surface area contributed by atoms with Crippen molar-refractivity contribution < 1.29 is 14.3 Å². The van der Waals surface area contributed by atoms with Crippen molar-refractivity contribution in [3.05, 3.63) is 90.4 Å². The van der Waals surface area contributed by atoms with E-state index in [1.165, 1.54) is 6.42 Å². The number of piperidine rings is 1. The molecular weight excluding hydrogens is 588 g/mol. The Morgan fingerprint density at radius 1 is 1.02 bits per heavy atom. The van der Waals surface area contributed by atoms with E-state index in [0.717, 1.165) is 75.4 Å². The van der Waals surface area contributed by atoms with E-state index in [0.29, 0.717) is 48.9 Å². The van der Waals surface area contributed by atoms with E-state index in [2.05, 4.69) is 50.2 Å². The molecule has 9 heteroatoms. The Hall–Kier alpha value is -5.18. The summed E-state index contributed by atoms with van der Waals surface area (Å²) in [5, 5.41) is 1.04. The van der Waals surface area contributed by atoms with Gasteiger partial charge in [-0.1, -0.05) is 25.1 Å². The molecule has 236 valence electrons. The van der Waals surface area contributed by atoms with Crippen LogP contribution in [-0.4, -0.2) is 61.2 Å². The molecule has 9 nitrogen and oxygen atoms in total. The molecule has 2 fully saturated rings. The Labute approximate surface area is 272 Å². The van der Waals surface area contributed by atoms with Crippen LogP contribution in [-0.2, 0) is 13.1 Å². The van der Waals surface area contributed by atoms with E-state index in [-0.39, 0.29) is 5.91 Å². The van der Waals surface area contributed by atoms with Gasteiger partial charge in [0, 0.05) is 59.8 Å². The minimum Gasteiger partial charge on any atom is -0.494 e. The van der Waals surface area contributed by atoms with Crippen LogP contribution in [0.25, 0.3) is 44.7 Å². The molecule has 3 aliphatic rings. The van der Waals surface area contributed by atoms with E-state index >= 15 is 0 Å². The van der Waals surface area contributed by atoms with Gasteiger partial charge in [-0.05, 0) is 79.1 Å². The third-order valence-electron chi connectivity index (χ3n) is 10.6. The smallest absolute Gasteiger partial charge is 0.254 e. The first-order valence-electron chi connectivity index (χ1n) is 16.6. The Balaban J connectivity index is 1.25. The number of hydrogen-bond donors (Lipinski definition) is 0. The van der Waals surface area contributed by atoms with Crippen LogP contribution in [0.4, 0.5) is 0 Å². The van der Waals surface area contributed by atoms with Gasteiger partial charge in [0.2, 0.25) is 0 Å². The number of para-hydroxylation sites is 1. The van der Waals surface area contributed by atoms with Crippen LogP contribution >= 0.6 is 0 Å². The lowest BCUT2D eigenvalue weighted by Crippen LogP contribution is -2.38. The maximum atomic E-state index is 14.0. The van der Waals surface area contributed by atoms with Gasteiger partial charge in [-0.3, -0.25) is 9.78 Å². The van der Waals surface area contributed by atoms with E-state index in [1.807, 2.05) is 55.0 Å². The monoisotopic (exact) mass is 624 g/mol. The molecule has 1 saturated heterocycles. The zero-order chi connectivity index (χ0) is 31.6. The highest BCUT2D eigenvalue weighted by Gasteiger charge is 2.46. The molecule has 9 rings (SSSR count). The summed E-state index contributed by atoms with van der Waals surface area (Å²) >= 11 is 0. The van der Waals surface area contributed by atoms with Crippen molar-refractivity contribution in [2.75, 3.05) is 20.3 Å².